The van der Waals surface area contributed by atoms with E-state index in [1.165, 1.54) is 4.80 Å². The van der Waals surface area contributed by atoms with Gasteiger partial charge in [0.15, 0.2) is 5.82 Å². The van der Waals surface area contributed by atoms with Crippen LogP contribution in [0.25, 0.3) is 0 Å². The highest BCUT2D eigenvalue weighted by Gasteiger charge is 2.31. The molecule has 0 radical (unpaired) electrons. The standard InChI is InChI=1S/C22H26N6O3/c29-16-15-28-24-21(23-25-28)20(19-9-5-2-6-10-19)26-11-13-27(14-12-26)22(30)31-17-18-7-3-1-4-8-18/h1-10,20,29H,11-17H2. The number of hydrogen-bond donors (Lipinski definition) is 1. The molecular formula is C22H26N6O3. The maximum atomic E-state index is 12.5. The lowest BCUT2D eigenvalue weighted by molar-refractivity contribution is 0.0635. The molecule has 1 saturated heterocycles. The first-order chi connectivity index (χ1) is 15.2. The van der Waals surface area contributed by atoms with Gasteiger partial charge in [-0.3, -0.25) is 4.90 Å². The van der Waals surface area contributed by atoms with Crippen LogP contribution < -0.4 is 0 Å². The van der Waals surface area contributed by atoms with Crippen LogP contribution in [0.2, 0.25) is 0 Å². The van der Waals surface area contributed by atoms with Gasteiger partial charge in [0.25, 0.3) is 0 Å². The highest BCUT2D eigenvalue weighted by molar-refractivity contribution is 5.67. The Bertz CT molecular complexity index is 958. The summed E-state index contributed by atoms with van der Waals surface area (Å²) in [6.07, 6.45) is -0.299. The van der Waals surface area contributed by atoms with Crippen LogP contribution in [0.4, 0.5) is 4.79 Å². The Morgan fingerprint density at radius 3 is 2.35 bits per heavy atom. The molecule has 2 heterocycles. The van der Waals surface area contributed by atoms with Crippen molar-refractivity contribution in [3.8, 4) is 0 Å². The second-order valence-corrected chi connectivity index (χ2v) is 7.34. The molecule has 1 atom stereocenters. The Morgan fingerprint density at radius 2 is 1.68 bits per heavy atom. The number of hydrogen-bond acceptors (Lipinski definition) is 7. The normalized spacial score (nSPS) is 15.6. The van der Waals surface area contributed by atoms with E-state index in [9.17, 15) is 4.79 Å². The van der Waals surface area contributed by atoms with Crippen LogP contribution in [0, 0.1) is 0 Å². The largest absolute Gasteiger partial charge is 0.445 e. The van der Waals surface area contributed by atoms with Crippen LogP contribution in [0.5, 0.6) is 0 Å². The second-order valence-electron chi connectivity index (χ2n) is 7.34. The number of amides is 1. The Morgan fingerprint density at radius 1 is 1.00 bits per heavy atom. The summed E-state index contributed by atoms with van der Waals surface area (Å²) < 4.78 is 5.47. The summed E-state index contributed by atoms with van der Waals surface area (Å²) in [5.74, 6) is 0.583. The molecule has 1 aliphatic rings. The van der Waals surface area contributed by atoms with Crippen molar-refractivity contribution in [1.29, 1.82) is 0 Å². The molecule has 1 aromatic heterocycles. The van der Waals surface area contributed by atoms with Gasteiger partial charge in [-0.2, -0.15) is 4.80 Å². The predicted molar refractivity (Wildman–Crippen MR) is 113 cm³/mol. The third-order valence-corrected chi connectivity index (χ3v) is 5.27. The third-order valence-electron chi connectivity index (χ3n) is 5.27. The van der Waals surface area contributed by atoms with Crippen molar-refractivity contribution in [2.45, 2.75) is 19.2 Å². The fourth-order valence-electron chi connectivity index (χ4n) is 3.68. The van der Waals surface area contributed by atoms with Crippen molar-refractivity contribution >= 4 is 6.09 Å². The Hall–Kier alpha value is -3.30. The molecule has 1 N–H and O–H groups in total. The summed E-state index contributed by atoms with van der Waals surface area (Å²) in [6.45, 7) is 2.96. The molecule has 162 valence electrons. The molecule has 0 spiro atoms. The number of aliphatic hydroxyl groups is 1. The SMILES string of the molecule is O=C(OCc1ccccc1)N1CCN(C(c2ccccc2)c2nnn(CCO)n2)CC1. The van der Waals surface area contributed by atoms with Crippen LogP contribution >= 0.6 is 0 Å². The number of carbonyl (C=O) groups excluding carboxylic acids is 1. The van der Waals surface area contributed by atoms with E-state index in [-0.39, 0.29) is 25.3 Å². The highest BCUT2D eigenvalue weighted by atomic mass is 16.6. The average Bonchev–Trinajstić information content (AvgIpc) is 3.28. The number of carbonyl (C=O) groups is 1. The fourth-order valence-corrected chi connectivity index (χ4v) is 3.68. The van der Waals surface area contributed by atoms with Gasteiger partial charge in [-0.15, -0.1) is 10.2 Å². The molecule has 1 amide bonds. The van der Waals surface area contributed by atoms with E-state index >= 15 is 0 Å². The van der Waals surface area contributed by atoms with Crippen molar-refractivity contribution in [3.63, 3.8) is 0 Å². The zero-order valence-electron chi connectivity index (χ0n) is 17.2. The first kappa shape index (κ1) is 21.0. The molecule has 4 rings (SSSR count). The summed E-state index contributed by atoms with van der Waals surface area (Å²) in [7, 11) is 0. The van der Waals surface area contributed by atoms with E-state index in [1.807, 2.05) is 60.7 Å². The molecule has 9 heteroatoms. The number of nitrogens with zero attached hydrogens (tertiary/aromatic N) is 6. The van der Waals surface area contributed by atoms with Crippen LogP contribution in [0.1, 0.15) is 23.0 Å². The Balaban J connectivity index is 1.41. The van der Waals surface area contributed by atoms with Gasteiger partial charge in [-0.05, 0) is 16.3 Å². The minimum absolute atomic E-state index is 0.0461. The van der Waals surface area contributed by atoms with Crippen molar-refractivity contribution in [2.75, 3.05) is 32.8 Å². The highest BCUT2D eigenvalue weighted by Crippen LogP contribution is 2.27. The van der Waals surface area contributed by atoms with Gasteiger partial charge in [-0.25, -0.2) is 4.79 Å². The molecule has 1 aliphatic heterocycles. The van der Waals surface area contributed by atoms with Crippen LogP contribution in [-0.2, 0) is 17.9 Å². The van der Waals surface area contributed by atoms with Gasteiger partial charge in [-0.1, -0.05) is 60.7 Å². The van der Waals surface area contributed by atoms with Crippen LogP contribution in [-0.4, -0.2) is 74.0 Å². The predicted octanol–water partition coefficient (Wildman–Crippen LogP) is 1.71. The zero-order chi connectivity index (χ0) is 21.5. The quantitative estimate of drug-likeness (QED) is 0.619. The third kappa shape index (κ3) is 5.25. The minimum Gasteiger partial charge on any atom is -0.445 e. The molecule has 2 aromatic carbocycles. The van der Waals surface area contributed by atoms with Crippen molar-refractivity contribution in [2.24, 2.45) is 0 Å². The van der Waals surface area contributed by atoms with E-state index in [2.05, 4.69) is 20.3 Å². The summed E-state index contributed by atoms with van der Waals surface area (Å²) in [5.41, 5.74) is 2.03. The first-order valence-electron chi connectivity index (χ1n) is 10.4. The molecule has 0 bridgehead atoms. The van der Waals surface area contributed by atoms with Crippen molar-refractivity contribution in [3.05, 3.63) is 77.6 Å². The van der Waals surface area contributed by atoms with Gasteiger partial charge in [0.2, 0.25) is 0 Å². The lowest BCUT2D eigenvalue weighted by Crippen LogP contribution is -2.50. The lowest BCUT2D eigenvalue weighted by Gasteiger charge is -2.37. The number of ether oxygens (including phenoxy) is 1. The Kier molecular flexibility index (Phi) is 6.85. The van der Waals surface area contributed by atoms with E-state index in [0.717, 1.165) is 11.1 Å². The molecule has 0 saturated carbocycles. The van der Waals surface area contributed by atoms with E-state index in [1.54, 1.807) is 4.90 Å². The fraction of sp³-hybridized carbons (Fsp3) is 0.364. The monoisotopic (exact) mass is 422 g/mol. The summed E-state index contributed by atoms with van der Waals surface area (Å²) in [6, 6.07) is 19.5. The second kappa shape index (κ2) is 10.1. The Labute approximate surface area is 180 Å². The van der Waals surface area contributed by atoms with E-state index < -0.39 is 0 Å². The molecule has 1 fully saturated rings. The number of piperazine rings is 1. The number of benzene rings is 2. The maximum Gasteiger partial charge on any atom is 0.410 e. The molecule has 9 nitrogen and oxygen atoms in total. The van der Waals surface area contributed by atoms with Gasteiger partial charge in [0.1, 0.15) is 6.61 Å². The van der Waals surface area contributed by atoms with Crippen LogP contribution in [0.3, 0.4) is 0 Å². The summed E-state index contributed by atoms with van der Waals surface area (Å²) in [5, 5.41) is 21.9. The molecular weight excluding hydrogens is 396 g/mol. The van der Waals surface area contributed by atoms with E-state index in [4.69, 9.17) is 9.84 Å². The van der Waals surface area contributed by atoms with Gasteiger partial charge >= 0.3 is 6.09 Å². The smallest absolute Gasteiger partial charge is 0.410 e. The van der Waals surface area contributed by atoms with E-state index in [0.29, 0.717) is 38.5 Å². The van der Waals surface area contributed by atoms with Gasteiger partial charge in [0.05, 0.1) is 19.2 Å². The topological polar surface area (TPSA) is 96.6 Å². The van der Waals surface area contributed by atoms with Crippen molar-refractivity contribution in [1.82, 2.24) is 30.0 Å². The first-order valence-corrected chi connectivity index (χ1v) is 10.4. The summed E-state index contributed by atoms with van der Waals surface area (Å²) >= 11 is 0. The molecule has 31 heavy (non-hydrogen) atoms. The zero-order valence-corrected chi connectivity index (χ0v) is 17.2. The lowest BCUT2D eigenvalue weighted by atomic mass is 10.0. The minimum atomic E-state index is -0.299. The van der Waals surface area contributed by atoms with Crippen molar-refractivity contribution < 1.29 is 14.6 Å². The number of aromatic nitrogens is 4. The molecule has 3 aromatic rings. The molecule has 0 aliphatic carbocycles. The van der Waals surface area contributed by atoms with Gasteiger partial charge < -0.3 is 14.7 Å². The number of aliphatic hydroxyl groups excluding tert-OH is 1. The number of tetrazole rings is 1. The summed E-state index contributed by atoms with van der Waals surface area (Å²) in [4.78, 5) is 17.9. The molecule has 1 unspecified atom stereocenters. The number of rotatable bonds is 7. The maximum absolute atomic E-state index is 12.5. The average molecular weight is 422 g/mol. The van der Waals surface area contributed by atoms with Gasteiger partial charge in [0, 0.05) is 26.2 Å². The van der Waals surface area contributed by atoms with Crippen LogP contribution in [0.15, 0.2) is 60.7 Å².